The van der Waals surface area contributed by atoms with Gasteiger partial charge in [-0.25, -0.2) is 13.6 Å². The van der Waals surface area contributed by atoms with Gasteiger partial charge in [-0.05, 0) is 6.07 Å². The average Bonchev–Trinajstić information content (AvgIpc) is 2.51. The predicted octanol–water partition coefficient (Wildman–Crippen LogP) is 1.21. The van der Waals surface area contributed by atoms with E-state index in [0.29, 0.717) is 0 Å². The zero-order valence-corrected chi connectivity index (χ0v) is 12.4. The number of carboxylic acids is 1. The SMILES string of the molecule is COc1cc(OCC(=O)NC(CC(F)F)C(=O)O)ccc1[N+](=O)[O-]. The fourth-order valence-corrected chi connectivity index (χ4v) is 1.68. The van der Waals surface area contributed by atoms with Crippen LogP contribution in [0.15, 0.2) is 18.2 Å². The Hall–Kier alpha value is -2.98. The minimum Gasteiger partial charge on any atom is -0.490 e. The van der Waals surface area contributed by atoms with E-state index < -0.39 is 42.3 Å². The first-order valence-electron chi connectivity index (χ1n) is 6.50. The van der Waals surface area contributed by atoms with Crippen LogP contribution in [0.3, 0.4) is 0 Å². The molecule has 0 aromatic heterocycles. The summed E-state index contributed by atoms with van der Waals surface area (Å²) in [6.45, 7) is -0.659. The Morgan fingerprint density at radius 2 is 2.08 bits per heavy atom. The van der Waals surface area contributed by atoms with Gasteiger partial charge >= 0.3 is 11.7 Å². The van der Waals surface area contributed by atoms with Crippen molar-refractivity contribution in [2.45, 2.75) is 18.9 Å². The van der Waals surface area contributed by atoms with Crippen LogP contribution in [0.5, 0.6) is 11.5 Å². The molecule has 0 aliphatic heterocycles. The van der Waals surface area contributed by atoms with E-state index in [1.54, 1.807) is 0 Å². The highest BCUT2D eigenvalue weighted by Crippen LogP contribution is 2.30. The minimum absolute atomic E-state index is 0.0494. The van der Waals surface area contributed by atoms with Gasteiger partial charge in [0.15, 0.2) is 6.61 Å². The number of carbonyl (C=O) groups excluding carboxylic acids is 1. The number of halogens is 2. The second-order valence-corrected chi connectivity index (χ2v) is 4.46. The number of nitro benzene ring substituents is 1. The van der Waals surface area contributed by atoms with E-state index in [-0.39, 0.29) is 17.2 Å². The third-order valence-electron chi connectivity index (χ3n) is 2.77. The third kappa shape index (κ3) is 5.66. The fourth-order valence-electron chi connectivity index (χ4n) is 1.68. The monoisotopic (exact) mass is 348 g/mol. The van der Waals surface area contributed by atoms with Gasteiger partial charge in [0.05, 0.1) is 12.0 Å². The number of amides is 1. The summed E-state index contributed by atoms with van der Waals surface area (Å²) in [5.41, 5.74) is -0.308. The number of rotatable bonds is 9. The molecular weight excluding hydrogens is 334 g/mol. The highest BCUT2D eigenvalue weighted by atomic mass is 19.3. The number of benzene rings is 1. The van der Waals surface area contributed by atoms with Gasteiger partial charge in [0.25, 0.3) is 5.91 Å². The summed E-state index contributed by atoms with van der Waals surface area (Å²) < 4.78 is 34.3. The minimum atomic E-state index is -2.90. The van der Waals surface area contributed by atoms with Crippen LogP contribution >= 0.6 is 0 Å². The molecule has 0 bridgehead atoms. The lowest BCUT2D eigenvalue weighted by Crippen LogP contribution is -2.44. The van der Waals surface area contributed by atoms with Gasteiger partial charge in [0, 0.05) is 18.6 Å². The number of hydrogen-bond donors (Lipinski definition) is 2. The maximum Gasteiger partial charge on any atom is 0.326 e. The van der Waals surface area contributed by atoms with Crippen LogP contribution in [0, 0.1) is 10.1 Å². The molecule has 0 aliphatic carbocycles. The number of ether oxygens (including phenoxy) is 2. The standard InChI is InChI=1S/C13H14F2N2O7/c1-23-10-4-7(2-3-9(10)17(21)22)24-6-12(18)16-8(13(19)20)5-11(14)15/h2-4,8,11H,5-6H2,1H3,(H,16,18)(H,19,20). The molecule has 0 saturated heterocycles. The normalized spacial score (nSPS) is 11.7. The van der Waals surface area contributed by atoms with Crippen LogP contribution in [0.25, 0.3) is 0 Å². The lowest BCUT2D eigenvalue weighted by atomic mass is 10.2. The van der Waals surface area contributed by atoms with Gasteiger partial charge in [-0.2, -0.15) is 0 Å². The number of carbonyl (C=O) groups is 2. The Balaban J connectivity index is 2.66. The van der Waals surface area contributed by atoms with E-state index in [4.69, 9.17) is 14.6 Å². The van der Waals surface area contributed by atoms with Crippen LogP contribution in [0.1, 0.15) is 6.42 Å². The van der Waals surface area contributed by atoms with E-state index in [9.17, 15) is 28.5 Å². The Morgan fingerprint density at radius 3 is 2.58 bits per heavy atom. The molecular formula is C13H14F2N2O7. The van der Waals surface area contributed by atoms with E-state index >= 15 is 0 Å². The Kier molecular flexibility index (Phi) is 6.83. The highest BCUT2D eigenvalue weighted by molar-refractivity contribution is 5.84. The maximum absolute atomic E-state index is 12.2. The molecule has 1 atom stereocenters. The quantitative estimate of drug-likeness (QED) is 0.507. The van der Waals surface area contributed by atoms with Gasteiger partial charge in [0.2, 0.25) is 12.2 Å². The number of nitrogens with one attached hydrogen (secondary N) is 1. The van der Waals surface area contributed by atoms with Gasteiger partial charge < -0.3 is 19.9 Å². The molecule has 1 rings (SSSR count). The van der Waals surface area contributed by atoms with Crippen molar-refractivity contribution in [3.8, 4) is 11.5 Å². The smallest absolute Gasteiger partial charge is 0.326 e. The molecule has 0 heterocycles. The molecule has 0 fully saturated rings. The molecule has 1 aromatic rings. The van der Waals surface area contributed by atoms with Crippen molar-refractivity contribution in [3.05, 3.63) is 28.3 Å². The summed E-state index contributed by atoms with van der Waals surface area (Å²) in [6, 6.07) is 1.73. The molecule has 24 heavy (non-hydrogen) atoms. The predicted molar refractivity (Wildman–Crippen MR) is 75.3 cm³/mol. The van der Waals surface area contributed by atoms with Gasteiger partial charge in [-0.3, -0.25) is 14.9 Å². The molecule has 1 aromatic carbocycles. The second kappa shape index (κ2) is 8.60. The summed E-state index contributed by atoms with van der Waals surface area (Å²) in [5.74, 6) is -2.58. The first kappa shape index (κ1) is 19.1. The van der Waals surface area contributed by atoms with Gasteiger partial charge in [-0.15, -0.1) is 0 Å². The number of nitro groups is 1. The summed E-state index contributed by atoms with van der Waals surface area (Å²) in [6.07, 6.45) is -3.93. The zero-order valence-electron chi connectivity index (χ0n) is 12.4. The van der Waals surface area contributed by atoms with Gasteiger partial charge in [-0.1, -0.05) is 0 Å². The average molecular weight is 348 g/mol. The first-order valence-corrected chi connectivity index (χ1v) is 6.50. The van der Waals surface area contributed by atoms with Gasteiger partial charge in [0.1, 0.15) is 11.8 Å². The lowest BCUT2D eigenvalue weighted by molar-refractivity contribution is -0.385. The number of hydrogen-bond acceptors (Lipinski definition) is 6. The van der Waals surface area contributed by atoms with E-state index in [0.717, 1.165) is 6.07 Å². The topological polar surface area (TPSA) is 128 Å². The number of aliphatic carboxylic acids is 1. The van der Waals surface area contributed by atoms with E-state index in [2.05, 4.69) is 0 Å². The molecule has 0 radical (unpaired) electrons. The van der Waals surface area contributed by atoms with E-state index in [1.807, 2.05) is 5.32 Å². The Morgan fingerprint density at radius 1 is 1.42 bits per heavy atom. The molecule has 0 spiro atoms. The first-order chi connectivity index (χ1) is 11.2. The van der Waals surface area contributed by atoms with E-state index in [1.165, 1.54) is 19.2 Å². The van der Waals surface area contributed by atoms with Crippen LogP contribution < -0.4 is 14.8 Å². The van der Waals surface area contributed by atoms with Crippen LogP contribution in [0.2, 0.25) is 0 Å². The molecule has 11 heteroatoms. The number of carboxylic acid groups (broad SMARTS) is 1. The lowest BCUT2D eigenvalue weighted by Gasteiger charge is -2.14. The molecule has 1 amide bonds. The Labute approximate surface area is 134 Å². The largest absolute Gasteiger partial charge is 0.490 e. The van der Waals surface area contributed by atoms with Crippen molar-refractivity contribution < 1.29 is 37.9 Å². The molecule has 0 aliphatic rings. The highest BCUT2D eigenvalue weighted by Gasteiger charge is 2.24. The van der Waals surface area contributed by atoms with Crippen LogP contribution in [-0.2, 0) is 9.59 Å². The molecule has 0 saturated carbocycles. The number of alkyl halides is 2. The Bertz CT molecular complexity index is 624. The summed E-state index contributed by atoms with van der Waals surface area (Å²) in [7, 11) is 1.21. The molecule has 132 valence electrons. The van der Waals surface area contributed by atoms with Crippen molar-refractivity contribution in [1.82, 2.24) is 5.32 Å². The zero-order chi connectivity index (χ0) is 18.3. The summed E-state index contributed by atoms with van der Waals surface area (Å²) >= 11 is 0. The molecule has 2 N–H and O–H groups in total. The molecule has 9 nitrogen and oxygen atoms in total. The van der Waals surface area contributed by atoms with Crippen molar-refractivity contribution in [2.75, 3.05) is 13.7 Å². The molecule has 1 unspecified atom stereocenters. The third-order valence-corrected chi connectivity index (χ3v) is 2.77. The summed E-state index contributed by atoms with van der Waals surface area (Å²) in [5, 5.41) is 21.4. The number of nitrogens with zero attached hydrogens (tertiary/aromatic N) is 1. The number of methoxy groups -OCH3 is 1. The van der Waals surface area contributed by atoms with Crippen LogP contribution in [0.4, 0.5) is 14.5 Å². The summed E-state index contributed by atoms with van der Waals surface area (Å²) in [4.78, 5) is 32.4. The van der Waals surface area contributed by atoms with Crippen molar-refractivity contribution in [3.63, 3.8) is 0 Å². The second-order valence-electron chi connectivity index (χ2n) is 4.46. The fraction of sp³-hybridized carbons (Fsp3) is 0.385. The van der Waals surface area contributed by atoms with Crippen molar-refractivity contribution in [1.29, 1.82) is 0 Å². The maximum atomic E-state index is 12.2. The van der Waals surface area contributed by atoms with Crippen LogP contribution in [-0.4, -0.2) is 48.1 Å². The van der Waals surface area contributed by atoms with Crippen molar-refractivity contribution >= 4 is 17.6 Å². The van der Waals surface area contributed by atoms with Crippen molar-refractivity contribution in [2.24, 2.45) is 0 Å².